The van der Waals surface area contributed by atoms with Gasteiger partial charge in [-0.3, -0.25) is 0 Å². The Balaban J connectivity index is 0.00000220. The molecule has 0 unspecified atom stereocenters. The molecule has 1 aromatic carbocycles. The molecule has 0 saturated heterocycles. The van der Waals surface area contributed by atoms with Crippen molar-refractivity contribution < 1.29 is 4.74 Å². The van der Waals surface area contributed by atoms with E-state index in [1.54, 1.807) is 0 Å². The van der Waals surface area contributed by atoms with Crippen LogP contribution in [0.4, 0.5) is 0 Å². The van der Waals surface area contributed by atoms with Gasteiger partial charge in [-0.25, -0.2) is 0 Å². The van der Waals surface area contributed by atoms with Crippen molar-refractivity contribution >= 4 is 24.0 Å². The van der Waals surface area contributed by atoms with E-state index < -0.39 is 0 Å². The lowest BCUT2D eigenvalue weighted by Crippen LogP contribution is -2.29. The molecule has 0 heterocycles. The Kier molecular flexibility index (Phi) is 9.14. The molecule has 1 aliphatic rings. The molecule has 0 radical (unpaired) electrons. The lowest BCUT2D eigenvalue weighted by molar-refractivity contribution is 0.332. The monoisotopic (exact) mass is 331 g/mol. The maximum Gasteiger partial charge on any atom is 0.123 e. The van der Waals surface area contributed by atoms with Crippen molar-refractivity contribution in [3.05, 3.63) is 28.8 Å². The molecule has 1 aliphatic carbocycles. The fourth-order valence-electron chi connectivity index (χ4n) is 2.90. The molecule has 2 rings (SSSR count). The molecular weight excluding hydrogens is 305 g/mol. The number of benzene rings is 1. The van der Waals surface area contributed by atoms with Gasteiger partial charge in [0, 0.05) is 23.2 Å². The molecule has 0 aliphatic heterocycles. The number of hydrogen-bond donors (Lipinski definition) is 1. The Hall–Kier alpha value is -0.440. The van der Waals surface area contributed by atoms with E-state index in [0.717, 1.165) is 17.3 Å². The smallest absolute Gasteiger partial charge is 0.123 e. The summed E-state index contributed by atoms with van der Waals surface area (Å²) in [5, 5.41) is 4.47. The molecule has 0 atom stereocenters. The zero-order chi connectivity index (χ0) is 14.2. The van der Waals surface area contributed by atoms with E-state index in [-0.39, 0.29) is 12.4 Å². The summed E-state index contributed by atoms with van der Waals surface area (Å²) in [6, 6.07) is 6.53. The first kappa shape index (κ1) is 18.6. The third-order valence-corrected chi connectivity index (χ3v) is 4.24. The summed E-state index contributed by atoms with van der Waals surface area (Å²) in [5.41, 5.74) is 1.17. The maximum absolute atomic E-state index is 6.10. The van der Waals surface area contributed by atoms with E-state index in [2.05, 4.69) is 5.32 Å². The average molecular weight is 332 g/mol. The largest absolute Gasteiger partial charge is 0.494 e. The van der Waals surface area contributed by atoms with Crippen molar-refractivity contribution in [1.29, 1.82) is 0 Å². The Morgan fingerprint density at radius 1 is 1.14 bits per heavy atom. The first-order valence-electron chi connectivity index (χ1n) is 7.94. The first-order chi connectivity index (χ1) is 9.79. The van der Waals surface area contributed by atoms with E-state index in [0.29, 0.717) is 12.6 Å². The summed E-state index contributed by atoms with van der Waals surface area (Å²) in [6.45, 7) is 3.55. The minimum atomic E-state index is 0. The molecule has 0 bridgehead atoms. The summed E-state index contributed by atoms with van der Waals surface area (Å²) in [4.78, 5) is 0. The van der Waals surface area contributed by atoms with Crippen molar-refractivity contribution in [2.24, 2.45) is 0 Å². The lowest BCUT2D eigenvalue weighted by atomic mass is 9.96. The second kappa shape index (κ2) is 10.3. The van der Waals surface area contributed by atoms with Gasteiger partial charge in [0.1, 0.15) is 5.75 Å². The third kappa shape index (κ3) is 6.46. The van der Waals surface area contributed by atoms with Crippen LogP contribution in [0.25, 0.3) is 0 Å². The molecule has 0 aromatic heterocycles. The topological polar surface area (TPSA) is 21.3 Å². The lowest BCUT2D eigenvalue weighted by Gasteiger charge is -2.22. The van der Waals surface area contributed by atoms with Crippen molar-refractivity contribution in [1.82, 2.24) is 5.32 Å². The third-order valence-electron chi connectivity index (χ3n) is 4.01. The van der Waals surface area contributed by atoms with Gasteiger partial charge in [0.05, 0.1) is 6.61 Å². The molecular formula is C17H27Cl2NO. The SMILES string of the molecule is CCOc1ccc(Cl)cc1CNC1CCCCCCC1.Cl. The fraction of sp³-hybridized carbons (Fsp3) is 0.647. The van der Waals surface area contributed by atoms with Crippen molar-refractivity contribution in [3.63, 3.8) is 0 Å². The zero-order valence-electron chi connectivity index (χ0n) is 12.9. The molecule has 0 spiro atoms. The van der Waals surface area contributed by atoms with Crippen LogP contribution < -0.4 is 10.1 Å². The highest BCUT2D eigenvalue weighted by Crippen LogP contribution is 2.24. The normalized spacial score (nSPS) is 16.7. The second-order valence-corrected chi connectivity index (χ2v) is 6.04. The summed E-state index contributed by atoms with van der Waals surface area (Å²) >= 11 is 6.10. The maximum atomic E-state index is 6.10. The predicted molar refractivity (Wildman–Crippen MR) is 92.8 cm³/mol. The Morgan fingerprint density at radius 3 is 2.48 bits per heavy atom. The number of halogens is 2. The highest BCUT2D eigenvalue weighted by atomic mass is 35.5. The van der Waals surface area contributed by atoms with Crippen LogP contribution in [0.2, 0.25) is 5.02 Å². The van der Waals surface area contributed by atoms with Gasteiger partial charge in [0.2, 0.25) is 0 Å². The summed E-state index contributed by atoms with van der Waals surface area (Å²) in [5.74, 6) is 0.954. The molecule has 0 amide bonds. The average Bonchev–Trinajstić information content (AvgIpc) is 2.40. The Bertz CT molecular complexity index is 404. The summed E-state index contributed by atoms with van der Waals surface area (Å²) in [7, 11) is 0. The summed E-state index contributed by atoms with van der Waals surface area (Å²) < 4.78 is 5.68. The van der Waals surface area contributed by atoms with Crippen LogP contribution in [-0.2, 0) is 6.54 Å². The van der Waals surface area contributed by atoms with E-state index in [1.165, 1.54) is 50.5 Å². The van der Waals surface area contributed by atoms with Gasteiger partial charge in [-0.2, -0.15) is 0 Å². The van der Waals surface area contributed by atoms with Crippen molar-refractivity contribution in [2.45, 2.75) is 64.5 Å². The van der Waals surface area contributed by atoms with Gasteiger partial charge in [-0.05, 0) is 38.0 Å². The minimum Gasteiger partial charge on any atom is -0.494 e. The number of hydrogen-bond acceptors (Lipinski definition) is 2. The van der Waals surface area contributed by atoms with E-state index >= 15 is 0 Å². The molecule has 1 N–H and O–H groups in total. The van der Waals surface area contributed by atoms with Gasteiger partial charge >= 0.3 is 0 Å². The predicted octanol–water partition coefficient (Wildman–Crippen LogP) is 5.36. The molecule has 2 nitrogen and oxygen atoms in total. The van der Waals surface area contributed by atoms with Crippen LogP contribution >= 0.6 is 24.0 Å². The van der Waals surface area contributed by atoms with Crippen LogP contribution in [0.5, 0.6) is 5.75 Å². The Labute approximate surface area is 140 Å². The van der Waals surface area contributed by atoms with Crippen LogP contribution in [-0.4, -0.2) is 12.6 Å². The minimum absolute atomic E-state index is 0. The second-order valence-electron chi connectivity index (χ2n) is 5.61. The van der Waals surface area contributed by atoms with Crippen LogP contribution in [0.1, 0.15) is 57.4 Å². The van der Waals surface area contributed by atoms with Crippen LogP contribution in [0.15, 0.2) is 18.2 Å². The Morgan fingerprint density at radius 2 is 1.81 bits per heavy atom. The molecule has 1 aromatic rings. The highest BCUT2D eigenvalue weighted by Gasteiger charge is 2.12. The van der Waals surface area contributed by atoms with Crippen LogP contribution in [0, 0.1) is 0 Å². The first-order valence-corrected chi connectivity index (χ1v) is 8.32. The quantitative estimate of drug-likeness (QED) is 0.783. The van der Waals surface area contributed by atoms with E-state index in [1.807, 2.05) is 25.1 Å². The van der Waals surface area contributed by atoms with Gasteiger partial charge in [0.15, 0.2) is 0 Å². The highest BCUT2D eigenvalue weighted by molar-refractivity contribution is 6.30. The molecule has 4 heteroatoms. The number of ether oxygens (including phenoxy) is 1. The fourth-order valence-corrected chi connectivity index (χ4v) is 3.09. The van der Waals surface area contributed by atoms with Crippen molar-refractivity contribution in [3.8, 4) is 5.75 Å². The molecule has 1 fully saturated rings. The zero-order valence-corrected chi connectivity index (χ0v) is 14.4. The molecule has 120 valence electrons. The number of nitrogens with one attached hydrogen (secondary N) is 1. The van der Waals surface area contributed by atoms with E-state index in [4.69, 9.17) is 16.3 Å². The van der Waals surface area contributed by atoms with Gasteiger partial charge in [-0.1, -0.05) is 43.7 Å². The summed E-state index contributed by atoms with van der Waals surface area (Å²) in [6.07, 6.45) is 9.49. The number of rotatable bonds is 5. The van der Waals surface area contributed by atoms with Gasteiger partial charge in [0.25, 0.3) is 0 Å². The van der Waals surface area contributed by atoms with Crippen molar-refractivity contribution in [2.75, 3.05) is 6.61 Å². The molecule has 21 heavy (non-hydrogen) atoms. The van der Waals surface area contributed by atoms with Crippen LogP contribution in [0.3, 0.4) is 0 Å². The van der Waals surface area contributed by atoms with E-state index in [9.17, 15) is 0 Å². The van der Waals surface area contributed by atoms with Gasteiger partial charge < -0.3 is 10.1 Å². The molecule has 1 saturated carbocycles. The standard InChI is InChI=1S/C17H26ClNO.ClH/c1-2-20-17-11-10-15(18)12-14(17)13-19-16-8-6-4-3-5-7-9-16;/h10-12,16,19H,2-9,13H2,1H3;1H. The van der Waals surface area contributed by atoms with Gasteiger partial charge in [-0.15, -0.1) is 12.4 Å².